The summed E-state index contributed by atoms with van der Waals surface area (Å²) in [6.07, 6.45) is 3.69. The molecule has 0 amide bonds. The third-order valence-electron chi connectivity index (χ3n) is 5.33. The lowest BCUT2D eigenvalue weighted by Crippen LogP contribution is -2.23. The van der Waals surface area contributed by atoms with E-state index < -0.39 is 0 Å². The van der Waals surface area contributed by atoms with Gasteiger partial charge in [-0.3, -0.25) is 14.6 Å². The van der Waals surface area contributed by atoms with E-state index in [1.807, 2.05) is 30.3 Å². The Labute approximate surface area is 170 Å². The molecule has 3 heteroatoms. The van der Waals surface area contributed by atoms with Gasteiger partial charge in [0.15, 0.2) is 5.78 Å². The topological polar surface area (TPSA) is 23.6 Å². The predicted octanol–water partition coefficient (Wildman–Crippen LogP) is 5.27. The molecule has 0 aliphatic heterocycles. The molecule has 0 aliphatic rings. The molecule has 0 unspecified atom stereocenters. The molecule has 0 saturated heterocycles. The fraction of sp³-hybridized carbons (Fsp3) is 0.400. The lowest BCUT2D eigenvalue weighted by molar-refractivity contribution is 0.104. The monoisotopic (exact) mass is 378 g/mol. The van der Waals surface area contributed by atoms with Crippen LogP contribution in [0.25, 0.3) is 6.08 Å². The molecule has 0 heterocycles. The van der Waals surface area contributed by atoms with Crippen LogP contribution in [0.2, 0.25) is 0 Å². The van der Waals surface area contributed by atoms with E-state index in [1.54, 1.807) is 6.08 Å². The number of carbonyl (C=O) groups excluding carboxylic acids is 1. The smallest absolute Gasteiger partial charge is 0.186 e. The van der Waals surface area contributed by atoms with Crippen LogP contribution in [0.1, 0.15) is 54.7 Å². The van der Waals surface area contributed by atoms with Crippen LogP contribution in [0.15, 0.2) is 54.6 Å². The number of rotatable bonds is 11. The van der Waals surface area contributed by atoms with E-state index in [-0.39, 0.29) is 5.78 Å². The summed E-state index contributed by atoms with van der Waals surface area (Å²) in [5.41, 5.74) is 4.26. The first-order valence-corrected chi connectivity index (χ1v) is 10.5. The van der Waals surface area contributed by atoms with Crippen LogP contribution in [0.3, 0.4) is 0 Å². The molecule has 28 heavy (non-hydrogen) atoms. The van der Waals surface area contributed by atoms with Crippen molar-refractivity contribution in [3.8, 4) is 0 Å². The van der Waals surface area contributed by atoms with Crippen molar-refractivity contribution in [2.24, 2.45) is 0 Å². The van der Waals surface area contributed by atoms with Gasteiger partial charge in [-0.05, 0) is 48.9 Å². The molecule has 2 rings (SSSR count). The van der Waals surface area contributed by atoms with Gasteiger partial charge in [-0.25, -0.2) is 0 Å². The normalized spacial score (nSPS) is 11.6. The Morgan fingerprint density at radius 3 is 1.86 bits per heavy atom. The maximum Gasteiger partial charge on any atom is 0.186 e. The Balaban J connectivity index is 2.21. The number of benzene rings is 2. The number of nitrogens with zero attached hydrogens (tertiary/aromatic N) is 2. The highest BCUT2D eigenvalue weighted by Crippen LogP contribution is 2.17. The van der Waals surface area contributed by atoms with E-state index in [9.17, 15) is 4.79 Å². The molecule has 3 nitrogen and oxygen atoms in total. The number of carbonyl (C=O) groups is 1. The van der Waals surface area contributed by atoms with Crippen LogP contribution in [0.5, 0.6) is 0 Å². The SMILES string of the molecule is CCN(CC)Cc1ccccc1C=CC(=O)c1ccccc1CN(CC)CC. The van der Waals surface area contributed by atoms with E-state index in [1.165, 1.54) is 5.56 Å². The molecule has 0 fully saturated rings. The zero-order chi connectivity index (χ0) is 20.4. The summed E-state index contributed by atoms with van der Waals surface area (Å²) in [4.78, 5) is 17.6. The quantitative estimate of drug-likeness (QED) is 0.393. The van der Waals surface area contributed by atoms with Crippen LogP contribution in [0.4, 0.5) is 0 Å². The Kier molecular flexibility index (Phi) is 9.12. The summed E-state index contributed by atoms with van der Waals surface area (Å²) in [5, 5.41) is 0. The molecule has 2 aromatic carbocycles. The van der Waals surface area contributed by atoms with Gasteiger partial charge in [-0.15, -0.1) is 0 Å². The zero-order valence-electron chi connectivity index (χ0n) is 17.8. The summed E-state index contributed by atoms with van der Waals surface area (Å²) in [7, 11) is 0. The third kappa shape index (κ3) is 6.15. The summed E-state index contributed by atoms with van der Waals surface area (Å²) in [6.45, 7) is 14.4. The van der Waals surface area contributed by atoms with Crippen molar-refractivity contribution < 1.29 is 4.79 Å². The second kappa shape index (κ2) is 11.6. The molecule has 0 aliphatic carbocycles. The van der Waals surface area contributed by atoms with Crippen LogP contribution >= 0.6 is 0 Å². The maximum absolute atomic E-state index is 12.9. The standard InChI is InChI=1S/C25H34N2O/c1-5-26(6-2)19-22-14-10-9-13-21(22)17-18-25(28)24-16-12-11-15-23(24)20-27(7-3)8-4/h9-18H,5-8,19-20H2,1-4H3. The van der Waals surface area contributed by atoms with E-state index in [0.29, 0.717) is 0 Å². The average Bonchev–Trinajstić information content (AvgIpc) is 2.75. The first-order valence-electron chi connectivity index (χ1n) is 10.5. The average molecular weight is 379 g/mol. The second-order valence-electron chi connectivity index (χ2n) is 6.98. The van der Waals surface area contributed by atoms with Crippen molar-refractivity contribution in [3.63, 3.8) is 0 Å². The second-order valence-corrected chi connectivity index (χ2v) is 6.98. The molecule has 0 saturated carbocycles. The molecule has 2 aromatic rings. The Morgan fingerprint density at radius 1 is 0.750 bits per heavy atom. The Hall–Kier alpha value is -2.23. The van der Waals surface area contributed by atoms with Crippen LogP contribution in [-0.2, 0) is 13.1 Å². The van der Waals surface area contributed by atoms with Gasteiger partial charge in [0.25, 0.3) is 0 Å². The Morgan fingerprint density at radius 2 is 1.25 bits per heavy atom. The fourth-order valence-corrected chi connectivity index (χ4v) is 3.37. The molecule has 0 atom stereocenters. The molecule has 150 valence electrons. The minimum absolute atomic E-state index is 0.0698. The van der Waals surface area contributed by atoms with Crippen LogP contribution in [-0.4, -0.2) is 41.8 Å². The van der Waals surface area contributed by atoms with Gasteiger partial charge in [-0.1, -0.05) is 82.3 Å². The van der Waals surface area contributed by atoms with E-state index in [2.05, 4.69) is 61.8 Å². The lowest BCUT2D eigenvalue weighted by Gasteiger charge is -2.19. The molecule has 0 spiro atoms. The van der Waals surface area contributed by atoms with Crippen LogP contribution in [0, 0.1) is 0 Å². The number of hydrogen-bond donors (Lipinski definition) is 0. The predicted molar refractivity (Wildman–Crippen MR) is 119 cm³/mol. The van der Waals surface area contributed by atoms with E-state index in [4.69, 9.17) is 0 Å². The molecular weight excluding hydrogens is 344 g/mol. The summed E-state index contributed by atoms with van der Waals surface area (Å²) in [5.74, 6) is 0.0698. The zero-order valence-corrected chi connectivity index (χ0v) is 17.8. The first-order chi connectivity index (χ1) is 13.6. The maximum atomic E-state index is 12.9. The Bertz CT molecular complexity index is 774. The number of hydrogen-bond acceptors (Lipinski definition) is 3. The molecule has 0 bridgehead atoms. The summed E-state index contributed by atoms with van der Waals surface area (Å²) >= 11 is 0. The van der Waals surface area contributed by atoms with Gasteiger partial charge >= 0.3 is 0 Å². The van der Waals surface area contributed by atoms with Gasteiger partial charge in [0, 0.05) is 18.7 Å². The van der Waals surface area contributed by atoms with Gasteiger partial charge in [0.1, 0.15) is 0 Å². The van der Waals surface area contributed by atoms with Crippen LogP contribution < -0.4 is 0 Å². The third-order valence-corrected chi connectivity index (χ3v) is 5.33. The van der Waals surface area contributed by atoms with Crippen molar-refractivity contribution in [2.45, 2.75) is 40.8 Å². The number of allylic oxidation sites excluding steroid dienone is 1. The molecule has 0 N–H and O–H groups in total. The highest BCUT2D eigenvalue weighted by molar-refractivity contribution is 6.07. The number of ketones is 1. The van der Waals surface area contributed by atoms with Crippen molar-refractivity contribution >= 4 is 11.9 Å². The molecule has 0 aromatic heterocycles. The van der Waals surface area contributed by atoms with Crippen molar-refractivity contribution in [1.82, 2.24) is 9.80 Å². The van der Waals surface area contributed by atoms with Crippen molar-refractivity contribution in [3.05, 3.63) is 76.9 Å². The van der Waals surface area contributed by atoms with Crippen molar-refractivity contribution in [1.29, 1.82) is 0 Å². The van der Waals surface area contributed by atoms with Gasteiger partial charge in [-0.2, -0.15) is 0 Å². The minimum atomic E-state index is 0.0698. The molecular formula is C25H34N2O. The highest BCUT2D eigenvalue weighted by atomic mass is 16.1. The van der Waals surface area contributed by atoms with Gasteiger partial charge in [0.2, 0.25) is 0 Å². The van der Waals surface area contributed by atoms with E-state index in [0.717, 1.165) is 56.0 Å². The minimum Gasteiger partial charge on any atom is -0.300 e. The fourth-order valence-electron chi connectivity index (χ4n) is 3.37. The highest BCUT2D eigenvalue weighted by Gasteiger charge is 2.11. The van der Waals surface area contributed by atoms with Gasteiger partial charge in [0.05, 0.1) is 0 Å². The van der Waals surface area contributed by atoms with Gasteiger partial charge < -0.3 is 0 Å². The van der Waals surface area contributed by atoms with Crippen molar-refractivity contribution in [2.75, 3.05) is 26.2 Å². The summed E-state index contributed by atoms with van der Waals surface area (Å²) < 4.78 is 0. The van der Waals surface area contributed by atoms with E-state index >= 15 is 0 Å². The largest absolute Gasteiger partial charge is 0.300 e. The summed E-state index contributed by atoms with van der Waals surface area (Å²) in [6, 6.07) is 16.3. The molecule has 0 radical (unpaired) electrons. The first kappa shape index (κ1) is 22.1. The lowest BCUT2D eigenvalue weighted by atomic mass is 10.0.